The highest BCUT2D eigenvalue weighted by atomic mass is 35.5. The number of hydrogen-bond donors (Lipinski definition) is 1. The summed E-state index contributed by atoms with van der Waals surface area (Å²) in [7, 11) is -1.49. The van der Waals surface area contributed by atoms with Gasteiger partial charge in [-0.15, -0.1) is 0 Å². The number of rotatable bonds is 12. The van der Waals surface area contributed by atoms with Crippen molar-refractivity contribution in [3.63, 3.8) is 0 Å². The van der Waals surface area contributed by atoms with Crippen LogP contribution in [0.4, 0.5) is 17.6 Å². The summed E-state index contributed by atoms with van der Waals surface area (Å²) in [5, 5.41) is 0.696. The molecule has 0 aliphatic rings. The van der Waals surface area contributed by atoms with Gasteiger partial charge in [-0.05, 0) is 61.6 Å². The molecule has 0 aliphatic heterocycles. The summed E-state index contributed by atoms with van der Waals surface area (Å²) in [4.78, 5) is 14.6. The van der Waals surface area contributed by atoms with Gasteiger partial charge in [-0.2, -0.15) is 13.2 Å². The van der Waals surface area contributed by atoms with Crippen LogP contribution in [0.2, 0.25) is 10.0 Å². The van der Waals surface area contributed by atoms with Gasteiger partial charge in [0.2, 0.25) is 15.9 Å². The fraction of sp³-hybridized carbons (Fsp3) is 0.552. The molecule has 0 spiro atoms. The molecule has 1 atom stereocenters. The summed E-state index contributed by atoms with van der Waals surface area (Å²) in [6.07, 6.45) is 1.59. The van der Waals surface area contributed by atoms with Crippen molar-refractivity contribution in [1.82, 2.24) is 9.62 Å². The van der Waals surface area contributed by atoms with Crippen molar-refractivity contribution in [2.75, 3.05) is 13.3 Å². The second-order valence-corrected chi connectivity index (χ2v) is 12.9. The number of hydrogen-bond acceptors (Lipinski definition) is 3. The van der Waals surface area contributed by atoms with E-state index in [0.717, 1.165) is 31.7 Å². The Hall–Kier alpha value is -1.88. The van der Waals surface area contributed by atoms with Gasteiger partial charge in [0, 0.05) is 19.6 Å². The van der Waals surface area contributed by atoms with E-state index in [1.165, 1.54) is 24.3 Å². The van der Waals surface area contributed by atoms with Crippen LogP contribution in [0, 0.1) is 5.82 Å². The van der Waals surface area contributed by atoms with E-state index in [0.29, 0.717) is 34.5 Å². The first kappa shape index (κ1) is 37.1. The van der Waals surface area contributed by atoms with Gasteiger partial charge in [-0.1, -0.05) is 75.4 Å². The Morgan fingerprint density at radius 2 is 1.56 bits per heavy atom. The molecule has 1 N–H and O–H groups in total. The molecule has 12 heteroatoms. The summed E-state index contributed by atoms with van der Waals surface area (Å²) in [5.74, 6) is -1.62. The molecule has 1 amide bonds. The molecule has 2 aromatic carbocycles. The van der Waals surface area contributed by atoms with Crippen LogP contribution in [0.1, 0.15) is 82.9 Å². The summed E-state index contributed by atoms with van der Waals surface area (Å²) in [6, 6.07) is 7.79. The van der Waals surface area contributed by atoms with Gasteiger partial charge in [0.25, 0.3) is 0 Å². The highest BCUT2D eigenvalue weighted by Gasteiger charge is 2.37. The number of alkyl halides is 3. The smallest absolute Gasteiger partial charge is 0.341 e. The summed E-state index contributed by atoms with van der Waals surface area (Å²) < 4.78 is 76.4. The molecule has 0 saturated heterocycles. The number of benzene rings is 2. The molecule has 0 saturated carbocycles. The fourth-order valence-electron chi connectivity index (χ4n) is 4.63. The lowest BCUT2D eigenvalue weighted by molar-refractivity contribution is -0.140. The third kappa shape index (κ3) is 11.7. The van der Waals surface area contributed by atoms with E-state index in [2.05, 4.69) is 18.6 Å². The van der Waals surface area contributed by atoms with E-state index in [1.54, 1.807) is 25.1 Å². The standard InChI is InChI=1S/C21H21Cl2F4NO.C8H19NO2S/c1-4-9-20(2,14-6-8-16(22)17(23)11-14)19(29)28(3)12-13-5-7-15(18(24)10-13)21(25,26)27;1-4-6-8(7-5-2)9-12(3,10)11/h5-8,10-11H,4,9,12H2,1-3H3;8-9H,4-7H2,1-3H3/t20-;/m0./s1. The fourth-order valence-corrected chi connectivity index (χ4v) is 5.77. The number of carbonyl (C=O) groups excluding carboxylic acids is 1. The maximum atomic E-state index is 13.8. The molecule has 0 unspecified atom stereocenters. The van der Waals surface area contributed by atoms with E-state index >= 15 is 0 Å². The largest absolute Gasteiger partial charge is 0.419 e. The van der Waals surface area contributed by atoms with Crippen LogP contribution in [-0.2, 0) is 33.0 Å². The molecule has 0 aliphatic carbocycles. The van der Waals surface area contributed by atoms with Crippen molar-refractivity contribution >= 4 is 39.1 Å². The summed E-state index contributed by atoms with van der Waals surface area (Å²) in [5.41, 5.74) is -1.30. The Morgan fingerprint density at radius 1 is 0.976 bits per heavy atom. The van der Waals surface area contributed by atoms with Crippen molar-refractivity contribution < 1.29 is 30.8 Å². The van der Waals surface area contributed by atoms with Crippen molar-refractivity contribution in [3.05, 3.63) is 69.0 Å². The van der Waals surface area contributed by atoms with Crippen molar-refractivity contribution in [2.24, 2.45) is 0 Å². The summed E-state index contributed by atoms with van der Waals surface area (Å²) >= 11 is 12.1. The lowest BCUT2D eigenvalue weighted by Gasteiger charge is -2.33. The first-order valence-corrected chi connectivity index (χ1v) is 16.1. The number of nitrogens with zero attached hydrogens (tertiary/aromatic N) is 1. The first-order valence-electron chi connectivity index (χ1n) is 13.4. The quantitative estimate of drug-likeness (QED) is 0.237. The average molecular weight is 644 g/mol. The van der Waals surface area contributed by atoms with Gasteiger partial charge in [0.15, 0.2) is 0 Å². The predicted molar refractivity (Wildman–Crippen MR) is 158 cm³/mol. The Labute approximate surface area is 251 Å². The molecule has 41 heavy (non-hydrogen) atoms. The lowest BCUT2D eigenvalue weighted by Crippen LogP contribution is -2.43. The zero-order valence-corrected chi connectivity index (χ0v) is 26.7. The highest BCUT2D eigenvalue weighted by molar-refractivity contribution is 7.88. The second kappa shape index (κ2) is 16.1. The van der Waals surface area contributed by atoms with E-state index < -0.39 is 33.0 Å². The normalized spacial score (nSPS) is 13.4. The molecule has 5 nitrogen and oxygen atoms in total. The number of carbonyl (C=O) groups is 1. The molecule has 0 aromatic heterocycles. The van der Waals surface area contributed by atoms with Gasteiger partial charge in [0.1, 0.15) is 5.82 Å². The second-order valence-electron chi connectivity index (χ2n) is 10.3. The third-order valence-corrected chi connectivity index (χ3v) is 8.04. The van der Waals surface area contributed by atoms with Gasteiger partial charge in [-0.25, -0.2) is 17.5 Å². The van der Waals surface area contributed by atoms with Crippen LogP contribution < -0.4 is 4.72 Å². The molecule has 0 fully saturated rings. The van der Waals surface area contributed by atoms with E-state index in [9.17, 15) is 30.8 Å². The minimum Gasteiger partial charge on any atom is -0.341 e. The molecule has 0 bridgehead atoms. The number of sulfonamides is 1. The average Bonchev–Trinajstić information content (AvgIpc) is 2.84. The van der Waals surface area contributed by atoms with Gasteiger partial charge in [0.05, 0.1) is 27.3 Å². The molecular weight excluding hydrogens is 603 g/mol. The first-order chi connectivity index (χ1) is 18.9. The minimum absolute atomic E-state index is 0.0332. The van der Waals surface area contributed by atoms with Crippen molar-refractivity contribution in [1.29, 1.82) is 0 Å². The lowest BCUT2D eigenvalue weighted by atomic mass is 9.77. The zero-order valence-electron chi connectivity index (χ0n) is 24.3. The third-order valence-electron chi connectivity index (χ3n) is 6.54. The molecule has 2 aromatic rings. The van der Waals surface area contributed by atoms with Crippen LogP contribution in [0.3, 0.4) is 0 Å². The molecule has 2 rings (SSSR count). The van der Waals surface area contributed by atoms with Crippen LogP contribution in [0.15, 0.2) is 36.4 Å². The Kier molecular flexibility index (Phi) is 14.6. The maximum absolute atomic E-state index is 13.8. The van der Waals surface area contributed by atoms with Crippen molar-refractivity contribution in [2.45, 2.75) is 90.4 Å². The summed E-state index contributed by atoms with van der Waals surface area (Å²) in [6.45, 7) is 7.81. The molecule has 0 heterocycles. The number of halogens is 6. The van der Waals surface area contributed by atoms with Gasteiger partial charge >= 0.3 is 6.18 Å². The Morgan fingerprint density at radius 3 is 2.00 bits per heavy atom. The number of likely N-dealkylation sites (N-methyl/N-ethyl adjacent to an activating group) is 1. The van der Waals surface area contributed by atoms with Crippen LogP contribution in [0.5, 0.6) is 0 Å². The molecular formula is C29H40Cl2F4N2O3S. The van der Waals surface area contributed by atoms with E-state index in [1.807, 2.05) is 6.92 Å². The maximum Gasteiger partial charge on any atom is 0.419 e. The van der Waals surface area contributed by atoms with Crippen molar-refractivity contribution in [3.8, 4) is 0 Å². The number of nitrogens with one attached hydrogen (secondary N) is 1. The van der Waals surface area contributed by atoms with Crippen LogP contribution in [0.25, 0.3) is 0 Å². The zero-order chi connectivity index (χ0) is 31.6. The molecule has 0 radical (unpaired) electrons. The molecule has 232 valence electrons. The Bertz CT molecular complexity index is 1250. The monoisotopic (exact) mass is 642 g/mol. The van der Waals surface area contributed by atoms with E-state index in [-0.39, 0.29) is 24.1 Å². The van der Waals surface area contributed by atoms with Gasteiger partial charge in [-0.3, -0.25) is 4.79 Å². The van der Waals surface area contributed by atoms with Gasteiger partial charge < -0.3 is 4.90 Å². The number of amides is 1. The highest BCUT2D eigenvalue weighted by Crippen LogP contribution is 2.36. The van der Waals surface area contributed by atoms with E-state index in [4.69, 9.17) is 23.2 Å². The predicted octanol–water partition coefficient (Wildman–Crippen LogP) is 8.37. The minimum atomic E-state index is -4.77. The van der Waals surface area contributed by atoms with Crippen LogP contribution in [-0.4, -0.2) is 38.6 Å². The van der Waals surface area contributed by atoms with Crippen LogP contribution >= 0.6 is 23.2 Å². The Balaban J connectivity index is 0.000000590. The SMILES string of the molecule is CCCC(CCC)NS(C)(=O)=O.CCC[C@](C)(C(=O)N(C)Cc1ccc(C(F)(F)F)c(F)c1)c1ccc(Cl)c(Cl)c1. The topological polar surface area (TPSA) is 66.5 Å².